The number of hydrogen-bond donors (Lipinski definition) is 0. The van der Waals surface area contributed by atoms with E-state index in [0.29, 0.717) is 23.1 Å². The van der Waals surface area contributed by atoms with E-state index < -0.39 is 11.8 Å². The van der Waals surface area contributed by atoms with Crippen LogP contribution in [-0.2, 0) is 0 Å². The Morgan fingerprint density at radius 3 is 2.20 bits per heavy atom. The van der Waals surface area contributed by atoms with Crippen LogP contribution in [-0.4, -0.2) is 11.6 Å². The lowest BCUT2D eigenvalue weighted by molar-refractivity contribution is -0.180. The van der Waals surface area contributed by atoms with Gasteiger partial charge in [-0.1, -0.05) is 32.0 Å². The molecule has 0 heterocycles. The molecule has 4 aliphatic carbocycles. The predicted octanol–water partition coefficient (Wildman–Crippen LogP) is 6.27. The van der Waals surface area contributed by atoms with E-state index in [1.54, 1.807) is 24.3 Å². The summed E-state index contributed by atoms with van der Waals surface area (Å²) in [6.45, 7) is 4.40. The van der Waals surface area contributed by atoms with Crippen LogP contribution in [0.2, 0.25) is 0 Å². The molecule has 0 amide bonds. The minimum Gasteiger partial charge on any atom is -0.483 e. The fraction of sp³-hybridized carbons (Fsp3) is 0.500. The van der Waals surface area contributed by atoms with E-state index in [1.165, 1.54) is 50.3 Å². The van der Waals surface area contributed by atoms with Gasteiger partial charge in [-0.15, -0.1) is 0 Å². The predicted molar refractivity (Wildman–Crippen MR) is 113 cm³/mol. The van der Waals surface area contributed by atoms with Crippen LogP contribution in [0.25, 0.3) is 0 Å². The molecular formula is C26H29FO3. The molecule has 4 bridgehead atoms. The quantitative estimate of drug-likeness (QED) is 0.432. The molecule has 3 nitrogen and oxygen atoms in total. The monoisotopic (exact) mass is 408 g/mol. The first kappa shape index (κ1) is 19.6. The largest absolute Gasteiger partial charge is 0.483 e. The van der Waals surface area contributed by atoms with E-state index in [2.05, 4.69) is 13.8 Å². The summed E-state index contributed by atoms with van der Waals surface area (Å²) in [5, 5.41) is 0. The van der Waals surface area contributed by atoms with Gasteiger partial charge in [-0.25, -0.2) is 9.18 Å². The number of halogens is 1. The van der Waals surface area contributed by atoms with Crippen LogP contribution in [0.3, 0.4) is 0 Å². The van der Waals surface area contributed by atoms with Crippen molar-refractivity contribution in [1.29, 1.82) is 0 Å². The molecule has 0 unspecified atom stereocenters. The van der Waals surface area contributed by atoms with Crippen LogP contribution in [0.1, 0.15) is 56.3 Å². The lowest BCUT2D eigenvalue weighted by Crippen LogP contribution is -2.63. The third-order valence-corrected chi connectivity index (χ3v) is 7.72. The Morgan fingerprint density at radius 1 is 0.967 bits per heavy atom. The molecule has 2 aromatic rings. The number of esters is 1. The molecule has 4 fully saturated rings. The zero-order chi connectivity index (χ0) is 20.9. The van der Waals surface area contributed by atoms with Gasteiger partial charge in [0.1, 0.15) is 11.4 Å². The van der Waals surface area contributed by atoms with Crippen molar-refractivity contribution < 1.29 is 18.7 Å². The number of hydrogen-bond acceptors (Lipinski definition) is 3. The minimum atomic E-state index is -0.505. The maximum absolute atomic E-state index is 14.8. The highest BCUT2D eigenvalue weighted by Crippen LogP contribution is 2.61. The van der Waals surface area contributed by atoms with E-state index >= 15 is 0 Å². The van der Waals surface area contributed by atoms with Crippen LogP contribution in [0.5, 0.6) is 11.5 Å². The van der Waals surface area contributed by atoms with E-state index in [-0.39, 0.29) is 17.3 Å². The fourth-order valence-electron chi connectivity index (χ4n) is 6.70. The van der Waals surface area contributed by atoms with Gasteiger partial charge in [0, 0.05) is 0 Å². The van der Waals surface area contributed by atoms with Gasteiger partial charge in [-0.05, 0) is 92.0 Å². The van der Waals surface area contributed by atoms with Crippen molar-refractivity contribution in [3.05, 3.63) is 59.9 Å². The third kappa shape index (κ3) is 3.21. The first-order valence-electron chi connectivity index (χ1n) is 11.2. The van der Waals surface area contributed by atoms with Gasteiger partial charge in [0.25, 0.3) is 0 Å². The van der Waals surface area contributed by atoms with Gasteiger partial charge in [0.05, 0.1) is 5.56 Å². The van der Waals surface area contributed by atoms with E-state index in [0.717, 1.165) is 11.8 Å². The van der Waals surface area contributed by atoms with Crippen molar-refractivity contribution in [2.24, 2.45) is 29.6 Å². The Hall–Kier alpha value is -2.36. The van der Waals surface area contributed by atoms with Crippen LogP contribution >= 0.6 is 0 Å². The lowest BCUT2D eigenvalue weighted by atomic mass is 9.47. The molecule has 0 saturated heterocycles. The summed E-state index contributed by atoms with van der Waals surface area (Å²) in [5.41, 5.74) is -0.0473. The second-order valence-corrected chi connectivity index (χ2v) is 9.76. The van der Waals surface area contributed by atoms with Crippen molar-refractivity contribution in [3.8, 4) is 11.5 Å². The Balaban J connectivity index is 1.44. The average Bonchev–Trinajstić information content (AvgIpc) is 2.72. The zero-order valence-corrected chi connectivity index (χ0v) is 17.6. The maximum atomic E-state index is 14.8. The van der Waals surface area contributed by atoms with E-state index in [4.69, 9.17) is 9.47 Å². The van der Waals surface area contributed by atoms with Crippen molar-refractivity contribution in [2.45, 2.75) is 51.6 Å². The number of benzene rings is 2. The molecule has 0 radical (unpaired) electrons. The molecule has 0 aromatic heterocycles. The molecule has 2 aromatic carbocycles. The van der Waals surface area contributed by atoms with Crippen LogP contribution < -0.4 is 9.47 Å². The Labute approximate surface area is 177 Å². The summed E-state index contributed by atoms with van der Waals surface area (Å²) in [5.74, 6) is 2.55. The smallest absolute Gasteiger partial charge is 0.343 e. The summed E-state index contributed by atoms with van der Waals surface area (Å²) in [7, 11) is 0. The second-order valence-electron chi connectivity index (χ2n) is 9.76. The van der Waals surface area contributed by atoms with Gasteiger partial charge in [-0.2, -0.15) is 0 Å². The summed E-state index contributed by atoms with van der Waals surface area (Å²) in [6.07, 6.45) is 6.09. The molecule has 30 heavy (non-hydrogen) atoms. The zero-order valence-electron chi connectivity index (χ0n) is 17.6. The van der Waals surface area contributed by atoms with Gasteiger partial charge in [-0.3, -0.25) is 0 Å². The highest BCUT2D eigenvalue weighted by atomic mass is 19.1. The van der Waals surface area contributed by atoms with Crippen molar-refractivity contribution in [2.75, 3.05) is 0 Å². The second kappa shape index (κ2) is 7.40. The van der Waals surface area contributed by atoms with Gasteiger partial charge >= 0.3 is 5.97 Å². The van der Waals surface area contributed by atoms with E-state index in [9.17, 15) is 9.18 Å². The number of carbonyl (C=O) groups excluding carboxylic acids is 1. The number of carbonyl (C=O) groups is 1. The lowest BCUT2D eigenvalue weighted by Gasteiger charge is -2.62. The molecule has 0 N–H and O–H groups in total. The van der Waals surface area contributed by atoms with Gasteiger partial charge in [0.15, 0.2) is 11.6 Å². The molecular weight excluding hydrogens is 379 g/mol. The molecule has 0 spiro atoms. The van der Waals surface area contributed by atoms with E-state index in [1.807, 2.05) is 6.07 Å². The Kier molecular flexibility index (Phi) is 4.83. The molecule has 0 atom stereocenters. The molecule has 158 valence electrons. The molecule has 4 aliphatic rings. The first-order chi connectivity index (χ1) is 14.5. The minimum absolute atomic E-state index is 0.179. The normalized spacial score (nSPS) is 31.7. The standard InChI is InChI=1S/C26H29FO3/c1-16(2)26(20-11-17-10-18(13-20)14-21(26)12-17)30-24-15-19(8-9-23(24)27)25(28)29-22-6-4-3-5-7-22/h3-9,15-18,20-21H,10-14H2,1-2H3. The Bertz CT molecular complexity index is 909. The molecule has 4 saturated carbocycles. The summed E-state index contributed by atoms with van der Waals surface area (Å²) < 4.78 is 26.9. The third-order valence-electron chi connectivity index (χ3n) is 7.72. The highest BCUT2D eigenvalue weighted by molar-refractivity contribution is 5.91. The topological polar surface area (TPSA) is 35.5 Å². The highest BCUT2D eigenvalue weighted by Gasteiger charge is 2.60. The first-order valence-corrected chi connectivity index (χ1v) is 11.2. The SMILES string of the molecule is CC(C)C1(Oc2cc(C(=O)Oc3ccccc3)ccc2F)C2CC3CC(C2)CC1C3. The van der Waals surface area contributed by atoms with Gasteiger partial charge < -0.3 is 9.47 Å². The average molecular weight is 409 g/mol. The number of para-hydroxylation sites is 1. The molecule has 4 heteroatoms. The summed E-state index contributed by atoms with van der Waals surface area (Å²) >= 11 is 0. The molecule has 6 rings (SSSR count). The maximum Gasteiger partial charge on any atom is 0.343 e. The summed E-state index contributed by atoms with van der Waals surface area (Å²) in [4.78, 5) is 12.6. The summed E-state index contributed by atoms with van der Waals surface area (Å²) in [6, 6.07) is 13.2. The van der Waals surface area contributed by atoms with Crippen molar-refractivity contribution >= 4 is 5.97 Å². The van der Waals surface area contributed by atoms with Crippen LogP contribution in [0.4, 0.5) is 4.39 Å². The van der Waals surface area contributed by atoms with Crippen molar-refractivity contribution in [3.63, 3.8) is 0 Å². The van der Waals surface area contributed by atoms with Gasteiger partial charge in [0.2, 0.25) is 0 Å². The van der Waals surface area contributed by atoms with Crippen molar-refractivity contribution in [1.82, 2.24) is 0 Å². The van der Waals surface area contributed by atoms with Crippen LogP contribution in [0, 0.1) is 35.4 Å². The van der Waals surface area contributed by atoms with Crippen LogP contribution in [0.15, 0.2) is 48.5 Å². The number of rotatable bonds is 5. The molecule has 0 aliphatic heterocycles. The Morgan fingerprint density at radius 2 is 1.60 bits per heavy atom. The number of ether oxygens (including phenoxy) is 2. The fourth-order valence-corrected chi connectivity index (χ4v) is 6.70.